The van der Waals surface area contributed by atoms with E-state index in [4.69, 9.17) is 16.0 Å². The molecule has 2 heterocycles. The Labute approximate surface area is 164 Å². The maximum absolute atomic E-state index is 12.5. The number of carbonyl (C=O) groups is 1. The Bertz CT molecular complexity index is 1160. The second-order valence-corrected chi connectivity index (χ2v) is 7.47. The fourth-order valence-corrected chi connectivity index (χ4v) is 3.60. The van der Waals surface area contributed by atoms with Gasteiger partial charge in [0.05, 0.1) is 11.8 Å². The summed E-state index contributed by atoms with van der Waals surface area (Å²) >= 11 is 7.44. The van der Waals surface area contributed by atoms with E-state index in [1.807, 2.05) is 17.5 Å². The lowest BCUT2D eigenvalue weighted by molar-refractivity contribution is -0.115. The second-order valence-electron chi connectivity index (χ2n) is 6.00. The van der Waals surface area contributed by atoms with Crippen LogP contribution in [0, 0.1) is 0 Å². The maximum atomic E-state index is 12.5. The van der Waals surface area contributed by atoms with Crippen molar-refractivity contribution in [2.75, 3.05) is 5.32 Å². The number of carbonyl (C=O) groups excluding carboxylic acids is 1. The van der Waals surface area contributed by atoms with E-state index in [2.05, 4.69) is 5.32 Å². The lowest BCUT2D eigenvalue weighted by Crippen LogP contribution is -2.14. The molecule has 0 bridgehead atoms. The molecule has 0 atom stereocenters. The Morgan fingerprint density at radius 3 is 2.63 bits per heavy atom. The van der Waals surface area contributed by atoms with E-state index in [1.165, 1.54) is 17.4 Å². The number of hydrogen-bond donors (Lipinski definition) is 1. The maximum Gasteiger partial charge on any atom is 0.229 e. The van der Waals surface area contributed by atoms with Crippen molar-refractivity contribution in [1.82, 2.24) is 0 Å². The van der Waals surface area contributed by atoms with E-state index in [-0.39, 0.29) is 11.3 Å². The number of anilines is 1. The number of amides is 1. The highest BCUT2D eigenvalue weighted by Gasteiger charge is 2.10. The predicted molar refractivity (Wildman–Crippen MR) is 110 cm³/mol. The normalized spacial score (nSPS) is 10.9. The van der Waals surface area contributed by atoms with Crippen LogP contribution in [0.2, 0.25) is 5.02 Å². The molecule has 0 aliphatic rings. The third-order valence-electron chi connectivity index (χ3n) is 4.05. The van der Waals surface area contributed by atoms with Crippen molar-refractivity contribution in [3.63, 3.8) is 0 Å². The number of rotatable bonds is 4. The van der Waals surface area contributed by atoms with Crippen molar-refractivity contribution in [2.45, 2.75) is 6.42 Å². The van der Waals surface area contributed by atoms with Crippen molar-refractivity contribution >= 4 is 45.5 Å². The van der Waals surface area contributed by atoms with Crippen LogP contribution < -0.4 is 10.7 Å². The van der Waals surface area contributed by atoms with Crippen LogP contribution in [0.4, 0.5) is 5.69 Å². The first-order chi connectivity index (χ1) is 13.1. The van der Waals surface area contributed by atoms with Crippen LogP contribution in [-0.2, 0) is 11.2 Å². The van der Waals surface area contributed by atoms with Crippen molar-refractivity contribution in [1.29, 1.82) is 0 Å². The fraction of sp³-hybridized carbons (Fsp3) is 0.0476. The van der Waals surface area contributed by atoms with E-state index in [0.717, 1.165) is 10.4 Å². The van der Waals surface area contributed by atoms with Gasteiger partial charge in [0.1, 0.15) is 11.3 Å². The minimum Gasteiger partial charge on any atom is -0.456 e. The average Bonchev–Trinajstić information content (AvgIpc) is 3.15. The number of hydrogen-bond acceptors (Lipinski definition) is 4. The molecule has 134 valence electrons. The summed E-state index contributed by atoms with van der Waals surface area (Å²) in [7, 11) is 0. The van der Waals surface area contributed by atoms with Crippen LogP contribution >= 0.6 is 22.9 Å². The number of thiophene rings is 1. The first-order valence-corrected chi connectivity index (χ1v) is 9.50. The van der Waals surface area contributed by atoms with Crippen LogP contribution in [0.25, 0.3) is 22.3 Å². The van der Waals surface area contributed by atoms with Gasteiger partial charge in [0.2, 0.25) is 5.91 Å². The predicted octanol–water partition coefficient (Wildman–Crippen LogP) is 5.36. The summed E-state index contributed by atoms with van der Waals surface area (Å²) in [6.07, 6.45) is 0.305. The zero-order valence-electron chi connectivity index (χ0n) is 14.1. The SMILES string of the molecule is O=C(Cc1cccs1)Nc1ccc2oc(-c3ccc(Cl)cc3)cc(=O)c2c1. The zero-order chi connectivity index (χ0) is 18.8. The molecule has 0 spiro atoms. The van der Waals surface area contributed by atoms with E-state index in [1.54, 1.807) is 42.5 Å². The molecule has 4 nitrogen and oxygen atoms in total. The van der Waals surface area contributed by atoms with Crippen LogP contribution in [0.5, 0.6) is 0 Å². The minimum atomic E-state index is -0.171. The summed E-state index contributed by atoms with van der Waals surface area (Å²) < 4.78 is 5.86. The summed E-state index contributed by atoms with van der Waals surface area (Å²) in [5.41, 5.74) is 1.63. The molecule has 27 heavy (non-hydrogen) atoms. The van der Waals surface area contributed by atoms with Crippen molar-refractivity contribution in [2.24, 2.45) is 0 Å². The van der Waals surface area contributed by atoms with Crippen molar-refractivity contribution in [3.05, 3.63) is 86.2 Å². The molecule has 0 aliphatic carbocycles. The third kappa shape index (κ3) is 3.94. The monoisotopic (exact) mass is 395 g/mol. The Hall–Kier alpha value is -2.89. The fourth-order valence-electron chi connectivity index (χ4n) is 2.77. The summed E-state index contributed by atoms with van der Waals surface area (Å²) in [5, 5.41) is 5.79. The van der Waals surface area contributed by atoms with Crippen molar-refractivity contribution < 1.29 is 9.21 Å². The lowest BCUT2D eigenvalue weighted by Gasteiger charge is -2.07. The van der Waals surface area contributed by atoms with Gasteiger partial charge in [-0.15, -0.1) is 11.3 Å². The summed E-state index contributed by atoms with van der Waals surface area (Å²) in [4.78, 5) is 25.7. The number of fused-ring (bicyclic) bond motifs is 1. The highest BCUT2D eigenvalue weighted by Crippen LogP contribution is 2.25. The van der Waals surface area contributed by atoms with Gasteiger partial charge in [0.15, 0.2) is 5.43 Å². The molecule has 0 saturated carbocycles. The van der Waals surface area contributed by atoms with Gasteiger partial charge in [0.25, 0.3) is 0 Å². The molecule has 2 aromatic carbocycles. The van der Waals surface area contributed by atoms with Gasteiger partial charge in [0, 0.05) is 27.2 Å². The molecule has 0 saturated heterocycles. The molecular formula is C21H14ClNO3S. The van der Waals surface area contributed by atoms with E-state index in [9.17, 15) is 9.59 Å². The molecule has 2 aromatic heterocycles. The van der Waals surface area contributed by atoms with Gasteiger partial charge in [-0.2, -0.15) is 0 Å². The molecule has 0 aliphatic heterocycles. The largest absolute Gasteiger partial charge is 0.456 e. The van der Waals surface area contributed by atoms with Gasteiger partial charge in [-0.1, -0.05) is 17.7 Å². The Morgan fingerprint density at radius 1 is 1.07 bits per heavy atom. The van der Waals surface area contributed by atoms with E-state index < -0.39 is 0 Å². The zero-order valence-corrected chi connectivity index (χ0v) is 15.6. The van der Waals surface area contributed by atoms with Gasteiger partial charge in [-0.05, 0) is 53.9 Å². The van der Waals surface area contributed by atoms with E-state index in [0.29, 0.717) is 33.9 Å². The van der Waals surface area contributed by atoms with Gasteiger partial charge in [-0.3, -0.25) is 9.59 Å². The van der Waals surface area contributed by atoms with Crippen LogP contribution in [0.1, 0.15) is 4.88 Å². The molecular weight excluding hydrogens is 382 g/mol. The standard InChI is InChI=1S/C21H14ClNO3S/c22-14-5-3-13(4-6-14)20-12-18(24)17-10-15(7-8-19(17)26-20)23-21(25)11-16-2-1-9-27-16/h1-10,12H,11H2,(H,23,25). The summed E-state index contributed by atoms with van der Waals surface area (Å²) in [5.74, 6) is 0.345. The van der Waals surface area contributed by atoms with Crippen LogP contribution in [0.15, 0.2) is 75.3 Å². The average molecular weight is 396 g/mol. The summed E-state index contributed by atoms with van der Waals surface area (Å²) in [6.45, 7) is 0. The Kier molecular flexibility index (Phi) is 4.79. The first-order valence-electron chi connectivity index (χ1n) is 8.24. The molecule has 4 aromatic rings. The van der Waals surface area contributed by atoms with Gasteiger partial charge in [-0.25, -0.2) is 0 Å². The molecule has 6 heteroatoms. The Morgan fingerprint density at radius 2 is 1.89 bits per heavy atom. The smallest absolute Gasteiger partial charge is 0.229 e. The number of nitrogens with one attached hydrogen (secondary N) is 1. The quantitative estimate of drug-likeness (QED) is 0.506. The second kappa shape index (κ2) is 7.39. The molecule has 1 amide bonds. The van der Waals surface area contributed by atoms with E-state index >= 15 is 0 Å². The number of benzene rings is 2. The molecule has 4 rings (SSSR count). The third-order valence-corrected chi connectivity index (χ3v) is 5.18. The van der Waals surface area contributed by atoms with Crippen molar-refractivity contribution in [3.8, 4) is 11.3 Å². The van der Waals surface area contributed by atoms with Crippen LogP contribution in [-0.4, -0.2) is 5.91 Å². The van der Waals surface area contributed by atoms with Crippen LogP contribution in [0.3, 0.4) is 0 Å². The topological polar surface area (TPSA) is 59.3 Å². The highest BCUT2D eigenvalue weighted by molar-refractivity contribution is 7.10. The van der Waals surface area contributed by atoms with Gasteiger partial charge < -0.3 is 9.73 Å². The Balaban J connectivity index is 1.62. The minimum absolute atomic E-state index is 0.126. The molecule has 0 radical (unpaired) electrons. The molecule has 0 unspecified atom stereocenters. The highest BCUT2D eigenvalue weighted by atomic mass is 35.5. The number of halogens is 1. The first kappa shape index (κ1) is 17.5. The molecule has 0 fully saturated rings. The lowest BCUT2D eigenvalue weighted by atomic mass is 10.1. The molecule has 1 N–H and O–H groups in total. The van der Waals surface area contributed by atoms with Gasteiger partial charge >= 0.3 is 0 Å². The summed E-state index contributed by atoms with van der Waals surface area (Å²) in [6, 6.07) is 17.4.